The number of rotatable bonds is 5. The van der Waals surface area contributed by atoms with Crippen molar-refractivity contribution in [1.82, 2.24) is 4.90 Å². The van der Waals surface area contributed by atoms with Crippen LogP contribution >= 0.6 is 11.8 Å². The number of amides is 3. The zero-order valence-electron chi connectivity index (χ0n) is 14.1. The number of carbonyl (C=O) groups excluding carboxylic acids is 3. The van der Waals surface area contributed by atoms with Crippen LogP contribution in [0.25, 0.3) is 6.08 Å². The standard InChI is InChI=1S/C19H17N3O3S/c1-21(14-5-3-2-4-6-14)15-9-7-13(8-10-15)11-16-18(24)22(12-17(20)23)19(25)26-16/h2-11H,12H2,1H3,(H2,20,23)/b16-11-. The normalized spacial score (nSPS) is 15.6. The van der Waals surface area contributed by atoms with Crippen molar-refractivity contribution in [2.45, 2.75) is 0 Å². The molecule has 3 amide bonds. The van der Waals surface area contributed by atoms with Crippen molar-refractivity contribution >= 4 is 46.3 Å². The zero-order valence-corrected chi connectivity index (χ0v) is 14.9. The van der Waals surface area contributed by atoms with Crippen LogP contribution in [0.15, 0.2) is 59.5 Å². The first kappa shape index (κ1) is 17.8. The summed E-state index contributed by atoms with van der Waals surface area (Å²) < 4.78 is 0. The molecule has 2 N–H and O–H groups in total. The van der Waals surface area contributed by atoms with Gasteiger partial charge in [0.2, 0.25) is 5.91 Å². The molecule has 0 spiro atoms. The third-order valence-corrected chi connectivity index (χ3v) is 4.82. The average Bonchev–Trinajstić information content (AvgIpc) is 2.89. The molecule has 0 aliphatic carbocycles. The summed E-state index contributed by atoms with van der Waals surface area (Å²) >= 11 is 0.806. The lowest BCUT2D eigenvalue weighted by atomic mass is 10.1. The van der Waals surface area contributed by atoms with E-state index < -0.39 is 23.6 Å². The van der Waals surface area contributed by atoms with Gasteiger partial charge in [0.25, 0.3) is 11.1 Å². The van der Waals surface area contributed by atoms with Gasteiger partial charge in [0.1, 0.15) is 6.54 Å². The summed E-state index contributed by atoms with van der Waals surface area (Å²) in [6.45, 7) is -0.400. The fourth-order valence-corrected chi connectivity index (χ4v) is 3.38. The maximum Gasteiger partial charge on any atom is 0.294 e. The molecule has 0 radical (unpaired) electrons. The number of benzene rings is 2. The second kappa shape index (κ2) is 7.45. The van der Waals surface area contributed by atoms with E-state index in [-0.39, 0.29) is 4.91 Å². The predicted octanol–water partition coefficient (Wildman–Crippen LogP) is 2.98. The minimum absolute atomic E-state index is 0.278. The molecular formula is C19H17N3O3S. The van der Waals surface area contributed by atoms with Crippen LogP contribution in [0.4, 0.5) is 16.2 Å². The molecule has 1 saturated heterocycles. The number of nitrogens with zero attached hydrogens (tertiary/aromatic N) is 2. The fraction of sp³-hybridized carbons (Fsp3) is 0.105. The summed E-state index contributed by atoms with van der Waals surface area (Å²) in [6.07, 6.45) is 1.64. The second-order valence-corrected chi connectivity index (χ2v) is 6.71. The maximum absolute atomic E-state index is 12.2. The van der Waals surface area contributed by atoms with E-state index >= 15 is 0 Å². The molecule has 0 bridgehead atoms. The largest absolute Gasteiger partial charge is 0.368 e. The van der Waals surface area contributed by atoms with E-state index in [0.29, 0.717) is 0 Å². The van der Waals surface area contributed by atoms with Crippen molar-refractivity contribution in [2.75, 3.05) is 18.5 Å². The number of anilines is 2. The number of nitrogens with two attached hydrogens (primary N) is 1. The number of thioether (sulfide) groups is 1. The molecule has 0 atom stereocenters. The topological polar surface area (TPSA) is 83.7 Å². The molecule has 2 aromatic carbocycles. The lowest BCUT2D eigenvalue weighted by molar-refractivity contribution is -0.127. The first-order chi connectivity index (χ1) is 12.5. The quantitative estimate of drug-likeness (QED) is 0.822. The molecule has 0 saturated carbocycles. The SMILES string of the molecule is CN(c1ccccc1)c1ccc(/C=C2\SC(=O)N(CC(N)=O)C2=O)cc1. The molecule has 6 nitrogen and oxygen atoms in total. The van der Waals surface area contributed by atoms with E-state index in [0.717, 1.165) is 33.6 Å². The Bertz CT molecular complexity index is 879. The number of hydrogen-bond donors (Lipinski definition) is 1. The number of carbonyl (C=O) groups is 3. The monoisotopic (exact) mass is 367 g/mol. The Labute approximate surface area is 155 Å². The van der Waals surface area contributed by atoms with Crippen LogP contribution in [-0.2, 0) is 9.59 Å². The van der Waals surface area contributed by atoms with Crippen molar-refractivity contribution < 1.29 is 14.4 Å². The molecule has 3 rings (SSSR count). The zero-order chi connectivity index (χ0) is 18.7. The number of imide groups is 1. The molecule has 1 fully saturated rings. The van der Waals surface area contributed by atoms with Crippen LogP contribution in [0.1, 0.15) is 5.56 Å². The van der Waals surface area contributed by atoms with E-state index in [1.165, 1.54) is 0 Å². The third kappa shape index (κ3) is 3.78. The molecule has 0 aromatic heterocycles. The van der Waals surface area contributed by atoms with Gasteiger partial charge in [-0.25, -0.2) is 0 Å². The van der Waals surface area contributed by atoms with E-state index in [1.807, 2.05) is 66.5 Å². The van der Waals surface area contributed by atoms with Gasteiger partial charge in [0.05, 0.1) is 4.91 Å². The molecule has 0 unspecified atom stereocenters. The van der Waals surface area contributed by atoms with Gasteiger partial charge in [-0.05, 0) is 47.7 Å². The van der Waals surface area contributed by atoms with Crippen molar-refractivity contribution in [3.63, 3.8) is 0 Å². The number of para-hydroxylation sites is 1. The van der Waals surface area contributed by atoms with Crippen LogP contribution in [-0.4, -0.2) is 35.5 Å². The van der Waals surface area contributed by atoms with Gasteiger partial charge < -0.3 is 10.6 Å². The molecular weight excluding hydrogens is 350 g/mol. The Kier molecular flexibility index (Phi) is 5.09. The molecule has 26 heavy (non-hydrogen) atoms. The van der Waals surface area contributed by atoms with E-state index in [9.17, 15) is 14.4 Å². The lowest BCUT2D eigenvalue weighted by Crippen LogP contribution is -2.36. The number of primary amides is 1. The van der Waals surface area contributed by atoms with Crippen molar-refractivity contribution in [3.05, 3.63) is 65.1 Å². The highest BCUT2D eigenvalue weighted by molar-refractivity contribution is 8.18. The van der Waals surface area contributed by atoms with Gasteiger partial charge in [-0.1, -0.05) is 30.3 Å². The predicted molar refractivity (Wildman–Crippen MR) is 103 cm³/mol. The summed E-state index contributed by atoms with van der Waals surface area (Å²) in [7, 11) is 1.97. The molecule has 1 aliphatic heterocycles. The smallest absolute Gasteiger partial charge is 0.294 e. The van der Waals surface area contributed by atoms with Crippen LogP contribution in [0.5, 0.6) is 0 Å². The van der Waals surface area contributed by atoms with Crippen molar-refractivity contribution in [2.24, 2.45) is 5.73 Å². The first-order valence-electron chi connectivity index (χ1n) is 7.88. The van der Waals surface area contributed by atoms with Crippen molar-refractivity contribution in [1.29, 1.82) is 0 Å². The Morgan fingerprint density at radius 1 is 1.08 bits per heavy atom. The van der Waals surface area contributed by atoms with Gasteiger partial charge in [-0.2, -0.15) is 0 Å². The minimum atomic E-state index is -0.721. The van der Waals surface area contributed by atoms with Crippen LogP contribution in [0, 0.1) is 0 Å². The summed E-state index contributed by atoms with van der Waals surface area (Å²) in [4.78, 5) is 38.2. The van der Waals surface area contributed by atoms with E-state index in [4.69, 9.17) is 5.73 Å². The van der Waals surface area contributed by atoms with Gasteiger partial charge in [0, 0.05) is 18.4 Å². The highest BCUT2D eigenvalue weighted by Crippen LogP contribution is 2.32. The Morgan fingerprint density at radius 3 is 2.31 bits per heavy atom. The Balaban J connectivity index is 1.77. The molecule has 1 aliphatic rings. The minimum Gasteiger partial charge on any atom is -0.368 e. The molecule has 7 heteroatoms. The Hall–Kier alpha value is -3.06. The maximum atomic E-state index is 12.2. The molecule has 132 valence electrons. The van der Waals surface area contributed by atoms with Gasteiger partial charge in [0.15, 0.2) is 0 Å². The third-order valence-electron chi connectivity index (χ3n) is 3.91. The lowest BCUT2D eigenvalue weighted by Gasteiger charge is -2.19. The summed E-state index contributed by atoms with van der Waals surface area (Å²) in [5.41, 5.74) is 7.92. The summed E-state index contributed by atoms with van der Waals surface area (Å²) in [6, 6.07) is 17.6. The number of hydrogen-bond acceptors (Lipinski definition) is 5. The average molecular weight is 367 g/mol. The van der Waals surface area contributed by atoms with Gasteiger partial charge in [-0.3, -0.25) is 19.3 Å². The molecule has 2 aromatic rings. The molecule has 1 heterocycles. The van der Waals surface area contributed by atoms with E-state index in [1.54, 1.807) is 6.08 Å². The van der Waals surface area contributed by atoms with Gasteiger partial charge >= 0.3 is 0 Å². The highest BCUT2D eigenvalue weighted by Gasteiger charge is 2.35. The van der Waals surface area contributed by atoms with Crippen LogP contribution in [0.3, 0.4) is 0 Å². The first-order valence-corrected chi connectivity index (χ1v) is 8.70. The van der Waals surface area contributed by atoms with Gasteiger partial charge in [-0.15, -0.1) is 0 Å². The Morgan fingerprint density at radius 2 is 1.69 bits per heavy atom. The van der Waals surface area contributed by atoms with Crippen molar-refractivity contribution in [3.8, 4) is 0 Å². The van der Waals surface area contributed by atoms with E-state index in [2.05, 4.69) is 0 Å². The highest BCUT2D eigenvalue weighted by atomic mass is 32.2. The summed E-state index contributed by atoms with van der Waals surface area (Å²) in [5.74, 6) is -1.22. The van der Waals surface area contributed by atoms with Crippen LogP contribution in [0.2, 0.25) is 0 Å². The summed E-state index contributed by atoms with van der Waals surface area (Å²) in [5, 5.41) is -0.486. The fourth-order valence-electron chi connectivity index (χ4n) is 2.54. The second-order valence-electron chi connectivity index (χ2n) is 5.72. The van der Waals surface area contributed by atoms with Crippen LogP contribution < -0.4 is 10.6 Å².